The summed E-state index contributed by atoms with van der Waals surface area (Å²) >= 11 is 0. The number of esters is 1. The summed E-state index contributed by atoms with van der Waals surface area (Å²) in [6.07, 6.45) is 0.356. The van der Waals surface area contributed by atoms with Crippen molar-refractivity contribution in [2.75, 3.05) is 5.75 Å². The molecule has 1 saturated heterocycles. The maximum atomic E-state index is 12.5. The molecule has 1 fully saturated rings. The van der Waals surface area contributed by atoms with Gasteiger partial charge in [-0.15, -0.1) is 0 Å². The van der Waals surface area contributed by atoms with Crippen LogP contribution in [0.25, 0.3) is 0 Å². The van der Waals surface area contributed by atoms with E-state index in [1.807, 2.05) is 0 Å². The number of rotatable bonds is 6. The van der Waals surface area contributed by atoms with Gasteiger partial charge < -0.3 is 10.1 Å². The summed E-state index contributed by atoms with van der Waals surface area (Å²) < 4.78 is 17.5. The molecule has 2 amide bonds. The molecule has 0 aliphatic carbocycles. The molecule has 2 aliphatic rings. The molecule has 0 unspecified atom stereocenters. The van der Waals surface area contributed by atoms with E-state index in [9.17, 15) is 28.7 Å². The van der Waals surface area contributed by atoms with Crippen LogP contribution in [-0.2, 0) is 36.5 Å². The van der Waals surface area contributed by atoms with Crippen LogP contribution >= 0.6 is 0 Å². The number of nitrogens with one attached hydrogen (secondary N) is 1. The highest BCUT2D eigenvalue weighted by atomic mass is 32.2. The first-order valence-electron chi connectivity index (χ1n) is 7.85. The normalized spacial score (nSPS) is 24.0. The van der Waals surface area contributed by atoms with Gasteiger partial charge in [0.15, 0.2) is 0 Å². The maximum Gasteiger partial charge on any atom is 0.355 e. The Bertz CT molecular complexity index is 881. The Morgan fingerprint density at radius 2 is 2.11 bits per heavy atom. The lowest BCUT2D eigenvalue weighted by Gasteiger charge is -2.48. The second kappa shape index (κ2) is 7.27. The van der Waals surface area contributed by atoms with Crippen molar-refractivity contribution >= 4 is 34.8 Å². The molecule has 0 spiro atoms. The van der Waals surface area contributed by atoms with Crippen molar-refractivity contribution in [3.8, 4) is 0 Å². The molecule has 0 aromatic heterocycles. The number of ether oxygens (including phenoxy) is 1. The molecule has 2 heterocycles. The number of fused-ring (bicyclic) bond motifs is 1. The highest BCUT2D eigenvalue weighted by molar-refractivity contribution is 7.86. The lowest BCUT2D eigenvalue weighted by Crippen LogP contribution is -2.72. The van der Waals surface area contributed by atoms with Crippen molar-refractivity contribution in [3.05, 3.63) is 51.2 Å². The Labute approximate surface area is 155 Å². The van der Waals surface area contributed by atoms with Crippen LogP contribution in [0, 0.1) is 10.1 Å². The summed E-state index contributed by atoms with van der Waals surface area (Å²) in [6, 6.07) is 4.59. The number of amides is 2. The number of nitro benzene ring substituents is 1. The quantitative estimate of drug-likeness (QED) is 0.235. The smallest absolute Gasteiger partial charge is 0.355 e. The summed E-state index contributed by atoms with van der Waals surface area (Å²) in [5, 5.41) is 12.2. The van der Waals surface area contributed by atoms with E-state index in [0.29, 0.717) is 17.5 Å². The molecule has 1 N–H and O–H groups in total. The maximum absolute atomic E-state index is 12.5. The molecular weight excluding hydrogens is 378 g/mol. The molecule has 10 nitrogen and oxygen atoms in total. The number of benzene rings is 1. The minimum absolute atomic E-state index is 0.0236. The average Bonchev–Trinajstić information content (AvgIpc) is 2.64. The number of nitro groups is 1. The number of β-lactam (4-membered cyclic amide) rings is 1. The van der Waals surface area contributed by atoms with Crippen LogP contribution < -0.4 is 5.32 Å². The predicted molar refractivity (Wildman–Crippen MR) is 92.2 cm³/mol. The molecule has 3 atom stereocenters. The van der Waals surface area contributed by atoms with Gasteiger partial charge in [0.2, 0.25) is 6.41 Å². The monoisotopic (exact) mass is 393 g/mol. The summed E-state index contributed by atoms with van der Waals surface area (Å²) in [7, 11) is -1.44. The molecule has 0 radical (unpaired) electrons. The van der Waals surface area contributed by atoms with Gasteiger partial charge in [0.1, 0.15) is 23.7 Å². The van der Waals surface area contributed by atoms with E-state index in [0.717, 1.165) is 4.90 Å². The zero-order valence-corrected chi connectivity index (χ0v) is 14.9. The van der Waals surface area contributed by atoms with E-state index in [-0.39, 0.29) is 23.7 Å². The zero-order valence-electron chi connectivity index (χ0n) is 14.1. The van der Waals surface area contributed by atoms with E-state index >= 15 is 0 Å². The van der Waals surface area contributed by atoms with Gasteiger partial charge in [-0.2, -0.15) is 0 Å². The van der Waals surface area contributed by atoms with Gasteiger partial charge >= 0.3 is 5.97 Å². The number of hydrogen-bond acceptors (Lipinski definition) is 7. The van der Waals surface area contributed by atoms with Crippen LogP contribution in [0.3, 0.4) is 0 Å². The molecule has 142 valence electrons. The third kappa shape index (κ3) is 3.33. The fourth-order valence-corrected chi connectivity index (χ4v) is 4.65. The van der Waals surface area contributed by atoms with Gasteiger partial charge in [0.25, 0.3) is 11.6 Å². The second-order valence-corrected chi connectivity index (χ2v) is 7.55. The van der Waals surface area contributed by atoms with Crippen LogP contribution in [0.2, 0.25) is 0 Å². The van der Waals surface area contributed by atoms with Crippen LogP contribution in [0.1, 0.15) is 12.5 Å². The minimum atomic E-state index is -1.44. The first-order chi connectivity index (χ1) is 12.8. The molecule has 3 rings (SSSR count). The highest BCUT2D eigenvalue weighted by Crippen LogP contribution is 2.35. The van der Waals surface area contributed by atoms with Crippen LogP contribution in [0.15, 0.2) is 35.5 Å². The van der Waals surface area contributed by atoms with E-state index in [1.165, 1.54) is 24.3 Å². The van der Waals surface area contributed by atoms with Crippen LogP contribution in [0.4, 0.5) is 5.69 Å². The lowest BCUT2D eigenvalue weighted by molar-refractivity contribution is -0.384. The van der Waals surface area contributed by atoms with Gasteiger partial charge in [-0.1, -0.05) is 0 Å². The summed E-state index contributed by atoms with van der Waals surface area (Å²) in [5.41, 5.74) is 0.936. The summed E-state index contributed by atoms with van der Waals surface area (Å²) in [4.78, 5) is 46.6. The second-order valence-electron chi connectivity index (χ2n) is 6.01. The summed E-state index contributed by atoms with van der Waals surface area (Å²) in [6.45, 7) is 1.45. The number of hydrogen-bond donors (Lipinski definition) is 1. The molecule has 0 saturated carbocycles. The van der Waals surface area contributed by atoms with E-state index in [2.05, 4.69) is 5.32 Å². The van der Waals surface area contributed by atoms with Crippen molar-refractivity contribution in [1.82, 2.24) is 10.2 Å². The molecule has 1 aromatic carbocycles. The van der Waals surface area contributed by atoms with Crippen molar-refractivity contribution in [2.24, 2.45) is 0 Å². The van der Waals surface area contributed by atoms with Crippen molar-refractivity contribution < 1.29 is 28.3 Å². The van der Waals surface area contributed by atoms with Gasteiger partial charge in [-0.3, -0.25) is 28.8 Å². The molecule has 27 heavy (non-hydrogen) atoms. The van der Waals surface area contributed by atoms with E-state index in [4.69, 9.17) is 4.74 Å². The van der Waals surface area contributed by atoms with Gasteiger partial charge in [0.05, 0.1) is 15.7 Å². The topological polar surface area (TPSA) is 136 Å². The predicted octanol–water partition coefficient (Wildman–Crippen LogP) is -0.0428. The molecule has 0 bridgehead atoms. The molecule has 1 aromatic rings. The van der Waals surface area contributed by atoms with E-state index in [1.54, 1.807) is 6.92 Å². The summed E-state index contributed by atoms with van der Waals surface area (Å²) in [5.74, 6) is -1.19. The van der Waals surface area contributed by atoms with Crippen LogP contribution in [0.5, 0.6) is 0 Å². The largest absolute Gasteiger partial charge is 0.456 e. The SMILES string of the molecule is CC1=C(C(=O)OCc2ccc([N+](=O)[O-])cc2)N2C(=O)[C@@H](NC=O)[C@H]2[S@@](=O)C1. The Balaban J connectivity index is 1.72. The fourth-order valence-electron chi connectivity index (χ4n) is 2.97. The average molecular weight is 393 g/mol. The Kier molecular flexibility index (Phi) is 5.04. The first kappa shape index (κ1) is 18.7. The zero-order chi connectivity index (χ0) is 19.7. The molecular formula is C16H15N3O7S. The third-order valence-electron chi connectivity index (χ3n) is 4.27. The van der Waals surface area contributed by atoms with Gasteiger partial charge in [-0.25, -0.2) is 4.79 Å². The number of carbonyl (C=O) groups is 3. The Hall–Kier alpha value is -3.08. The standard InChI is InChI=1S/C16H15N3O7S/c1-9-7-27(25)15-12(17-8-20)14(21)18(15)13(9)16(22)26-6-10-2-4-11(5-3-10)19(23)24/h2-5,8,12,15H,6-7H2,1H3,(H,17,20)/t12-,15-,27+/m1/s1. The van der Waals surface area contributed by atoms with Crippen molar-refractivity contribution in [3.63, 3.8) is 0 Å². The van der Waals surface area contributed by atoms with Gasteiger partial charge in [-0.05, 0) is 30.2 Å². The lowest BCUT2D eigenvalue weighted by atomic mass is 10.0. The van der Waals surface area contributed by atoms with Crippen molar-refractivity contribution in [2.45, 2.75) is 24.9 Å². The number of carbonyl (C=O) groups excluding carboxylic acids is 3. The molecule has 2 aliphatic heterocycles. The minimum Gasteiger partial charge on any atom is -0.456 e. The Morgan fingerprint density at radius 3 is 2.70 bits per heavy atom. The first-order valence-corrected chi connectivity index (χ1v) is 9.23. The third-order valence-corrected chi connectivity index (χ3v) is 6.01. The highest BCUT2D eigenvalue weighted by Gasteiger charge is 2.56. The molecule has 11 heteroatoms. The van der Waals surface area contributed by atoms with Gasteiger partial charge in [0, 0.05) is 17.9 Å². The van der Waals surface area contributed by atoms with Crippen LogP contribution in [-0.4, -0.2) is 49.5 Å². The fraction of sp³-hybridized carbons (Fsp3) is 0.312. The van der Waals surface area contributed by atoms with Crippen molar-refractivity contribution in [1.29, 1.82) is 0 Å². The number of non-ortho nitro benzene ring substituents is 1. The number of nitrogens with zero attached hydrogens (tertiary/aromatic N) is 2. The van der Waals surface area contributed by atoms with E-state index < -0.39 is 39.0 Å². The Morgan fingerprint density at radius 1 is 1.44 bits per heavy atom.